The van der Waals surface area contributed by atoms with Crippen molar-refractivity contribution < 1.29 is 13.6 Å². The van der Waals surface area contributed by atoms with Gasteiger partial charge >= 0.3 is 6.55 Å². The minimum Gasteiger partial charge on any atom is -0.348 e. The van der Waals surface area contributed by atoms with Crippen LogP contribution in [-0.2, 0) is 6.42 Å². The van der Waals surface area contributed by atoms with Crippen molar-refractivity contribution in [2.45, 2.75) is 39.8 Å². The lowest BCUT2D eigenvalue weighted by atomic mass is 10.1. The third-order valence-corrected chi connectivity index (χ3v) is 3.39. The SMILES string of the molecule is Cc1cccc(CC(C)NC(=O)c2ccc(C)n2C(F)F)n1. The van der Waals surface area contributed by atoms with Gasteiger partial charge in [-0.1, -0.05) is 6.07 Å². The molecule has 0 aliphatic heterocycles. The van der Waals surface area contributed by atoms with E-state index in [0.29, 0.717) is 12.1 Å². The Kier molecular flexibility index (Phi) is 4.90. The fraction of sp³-hybridized carbons (Fsp3) is 0.375. The van der Waals surface area contributed by atoms with Crippen molar-refractivity contribution in [2.75, 3.05) is 0 Å². The molecule has 118 valence electrons. The molecule has 0 saturated heterocycles. The predicted molar refractivity (Wildman–Crippen MR) is 80.0 cm³/mol. The summed E-state index contributed by atoms with van der Waals surface area (Å²) in [6.45, 7) is 2.53. The molecule has 1 amide bonds. The van der Waals surface area contributed by atoms with Crippen LogP contribution in [0.2, 0.25) is 0 Å². The average Bonchev–Trinajstić information content (AvgIpc) is 2.80. The lowest BCUT2D eigenvalue weighted by Gasteiger charge is -2.15. The molecule has 0 aliphatic rings. The smallest absolute Gasteiger partial charge is 0.319 e. The van der Waals surface area contributed by atoms with Gasteiger partial charge in [0.05, 0.1) is 0 Å². The number of halogens is 2. The summed E-state index contributed by atoms with van der Waals surface area (Å²) in [6, 6.07) is 8.38. The Morgan fingerprint density at radius 1 is 1.27 bits per heavy atom. The van der Waals surface area contributed by atoms with Gasteiger partial charge in [0.15, 0.2) is 0 Å². The van der Waals surface area contributed by atoms with E-state index >= 15 is 0 Å². The van der Waals surface area contributed by atoms with E-state index in [1.807, 2.05) is 32.0 Å². The molecule has 0 aliphatic carbocycles. The molecule has 0 bridgehead atoms. The first-order valence-corrected chi connectivity index (χ1v) is 7.08. The molecule has 0 spiro atoms. The van der Waals surface area contributed by atoms with Crippen molar-refractivity contribution in [1.82, 2.24) is 14.9 Å². The summed E-state index contributed by atoms with van der Waals surface area (Å²) in [4.78, 5) is 16.5. The van der Waals surface area contributed by atoms with Gasteiger partial charge in [-0.05, 0) is 45.0 Å². The van der Waals surface area contributed by atoms with Crippen LogP contribution in [0.15, 0.2) is 30.3 Å². The molecule has 22 heavy (non-hydrogen) atoms. The van der Waals surface area contributed by atoms with E-state index in [1.54, 1.807) is 6.92 Å². The maximum atomic E-state index is 13.0. The third kappa shape index (κ3) is 3.69. The van der Waals surface area contributed by atoms with Gasteiger partial charge in [0, 0.05) is 29.5 Å². The lowest BCUT2D eigenvalue weighted by Crippen LogP contribution is -2.35. The highest BCUT2D eigenvalue weighted by atomic mass is 19.3. The fourth-order valence-electron chi connectivity index (χ4n) is 2.37. The number of alkyl halides is 2. The quantitative estimate of drug-likeness (QED) is 0.921. The normalized spacial score (nSPS) is 12.5. The van der Waals surface area contributed by atoms with Crippen LogP contribution in [0.1, 0.15) is 41.0 Å². The van der Waals surface area contributed by atoms with Crippen molar-refractivity contribution in [3.05, 3.63) is 53.1 Å². The average molecular weight is 307 g/mol. The molecule has 1 atom stereocenters. The van der Waals surface area contributed by atoms with Gasteiger partial charge in [0.25, 0.3) is 5.91 Å². The van der Waals surface area contributed by atoms with Gasteiger partial charge in [-0.15, -0.1) is 0 Å². The number of rotatable bonds is 5. The van der Waals surface area contributed by atoms with E-state index in [0.717, 1.165) is 16.0 Å². The van der Waals surface area contributed by atoms with Crippen molar-refractivity contribution in [3.63, 3.8) is 0 Å². The van der Waals surface area contributed by atoms with Gasteiger partial charge in [-0.2, -0.15) is 8.78 Å². The number of carbonyl (C=O) groups is 1. The number of hydrogen-bond donors (Lipinski definition) is 1. The summed E-state index contributed by atoms with van der Waals surface area (Å²) in [5.74, 6) is -0.506. The van der Waals surface area contributed by atoms with E-state index in [2.05, 4.69) is 10.3 Å². The summed E-state index contributed by atoms with van der Waals surface area (Å²) in [7, 11) is 0. The third-order valence-electron chi connectivity index (χ3n) is 3.39. The van der Waals surface area contributed by atoms with Gasteiger partial charge in [-0.25, -0.2) is 0 Å². The van der Waals surface area contributed by atoms with E-state index in [-0.39, 0.29) is 11.7 Å². The number of pyridine rings is 1. The highest BCUT2D eigenvalue weighted by molar-refractivity contribution is 5.93. The standard InChI is InChI=1S/C16H19F2N3O/c1-10-5-4-6-13(19-10)9-11(2)20-15(22)14-8-7-12(3)21(14)16(17)18/h4-8,11,16H,9H2,1-3H3,(H,20,22). The second-order valence-electron chi connectivity index (χ2n) is 5.36. The summed E-state index contributed by atoms with van der Waals surface area (Å²) in [6.07, 6.45) is 0.543. The van der Waals surface area contributed by atoms with Crippen LogP contribution in [-0.4, -0.2) is 21.5 Å². The molecule has 0 fully saturated rings. The van der Waals surface area contributed by atoms with Crippen molar-refractivity contribution in [1.29, 1.82) is 0 Å². The van der Waals surface area contributed by atoms with Crippen LogP contribution in [0, 0.1) is 13.8 Å². The van der Waals surface area contributed by atoms with Gasteiger partial charge in [-0.3, -0.25) is 14.3 Å². The molecule has 0 aromatic carbocycles. The monoisotopic (exact) mass is 307 g/mol. The molecule has 2 heterocycles. The number of aryl methyl sites for hydroxylation is 2. The predicted octanol–water partition coefficient (Wildman–Crippen LogP) is 3.26. The van der Waals surface area contributed by atoms with Crippen LogP contribution in [0.5, 0.6) is 0 Å². The first kappa shape index (κ1) is 16.1. The zero-order chi connectivity index (χ0) is 16.3. The summed E-state index contributed by atoms with van der Waals surface area (Å²) in [5, 5.41) is 2.74. The Hall–Kier alpha value is -2.24. The van der Waals surface area contributed by atoms with Crippen LogP contribution >= 0.6 is 0 Å². The summed E-state index contributed by atoms with van der Waals surface area (Å²) in [5.41, 5.74) is 2.08. The topological polar surface area (TPSA) is 46.9 Å². The second kappa shape index (κ2) is 6.68. The maximum Gasteiger partial charge on any atom is 0.319 e. The number of hydrogen-bond acceptors (Lipinski definition) is 2. The molecular weight excluding hydrogens is 288 g/mol. The first-order valence-electron chi connectivity index (χ1n) is 7.08. The molecule has 1 unspecified atom stereocenters. The summed E-state index contributed by atoms with van der Waals surface area (Å²) >= 11 is 0. The van der Waals surface area contributed by atoms with Gasteiger partial charge < -0.3 is 5.32 Å². The zero-order valence-electron chi connectivity index (χ0n) is 12.8. The van der Waals surface area contributed by atoms with Crippen LogP contribution in [0.3, 0.4) is 0 Å². The van der Waals surface area contributed by atoms with E-state index in [1.165, 1.54) is 12.1 Å². The Balaban J connectivity index is 2.06. The van der Waals surface area contributed by atoms with Gasteiger partial charge in [0.2, 0.25) is 0 Å². The Bertz CT molecular complexity index is 667. The molecule has 6 heteroatoms. The Morgan fingerprint density at radius 3 is 2.64 bits per heavy atom. The largest absolute Gasteiger partial charge is 0.348 e. The van der Waals surface area contributed by atoms with Crippen LogP contribution < -0.4 is 5.32 Å². The minimum absolute atomic E-state index is 0.0310. The highest BCUT2D eigenvalue weighted by Gasteiger charge is 2.20. The number of carbonyl (C=O) groups excluding carboxylic acids is 1. The Morgan fingerprint density at radius 2 is 2.00 bits per heavy atom. The zero-order valence-corrected chi connectivity index (χ0v) is 12.8. The van der Waals surface area contributed by atoms with Gasteiger partial charge in [0.1, 0.15) is 5.69 Å². The number of nitrogens with zero attached hydrogens (tertiary/aromatic N) is 2. The van der Waals surface area contributed by atoms with E-state index in [4.69, 9.17) is 0 Å². The highest BCUT2D eigenvalue weighted by Crippen LogP contribution is 2.18. The van der Waals surface area contributed by atoms with E-state index < -0.39 is 12.5 Å². The van der Waals surface area contributed by atoms with Crippen molar-refractivity contribution >= 4 is 5.91 Å². The van der Waals surface area contributed by atoms with Crippen LogP contribution in [0.4, 0.5) is 8.78 Å². The van der Waals surface area contributed by atoms with Crippen molar-refractivity contribution in [3.8, 4) is 0 Å². The Labute approximate surface area is 128 Å². The molecule has 2 aromatic rings. The van der Waals surface area contributed by atoms with Crippen molar-refractivity contribution in [2.24, 2.45) is 0 Å². The first-order chi connectivity index (χ1) is 10.4. The fourth-order valence-corrected chi connectivity index (χ4v) is 2.37. The molecule has 2 aromatic heterocycles. The molecule has 0 saturated carbocycles. The number of nitrogens with one attached hydrogen (secondary N) is 1. The molecule has 1 N–H and O–H groups in total. The molecule has 0 radical (unpaired) electrons. The number of aromatic nitrogens is 2. The minimum atomic E-state index is -2.73. The molecule has 2 rings (SSSR count). The molecule has 4 nitrogen and oxygen atoms in total. The summed E-state index contributed by atoms with van der Waals surface area (Å²) < 4.78 is 26.7. The second-order valence-corrected chi connectivity index (χ2v) is 5.36. The number of amides is 1. The maximum absolute atomic E-state index is 13.0. The molecular formula is C16H19F2N3O. The van der Waals surface area contributed by atoms with Crippen LogP contribution in [0.25, 0.3) is 0 Å². The van der Waals surface area contributed by atoms with E-state index in [9.17, 15) is 13.6 Å². The lowest BCUT2D eigenvalue weighted by molar-refractivity contribution is 0.0614.